The Bertz CT molecular complexity index is 1080. The van der Waals surface area contributed by atoms with E-state index in [0.717, 1.165) is 41.7 Å². The van der Waals surface area contributed by atoms with E-state index in [1.165, 1.54) is 5.56 Å². The third kappa shape index (κ3) is 4.71. The lowest BCUT2D eigenvalue weighted by Gasteiger charge is -2.10. The summed E-state index contributed by atoms with van der Waals surface area (Å²) < 4.78 is 13.1. The van der Waals surface area contributed by atoms with Crippen LogP contribution in [0, 0.1) is 0 Å². The lowest BCUT2D eigenvalue weighted by Crippen LogP contribution is -2.05. The summed E-state index contributed by atoms with van der Waals surface area (Å²) in [5.41, 5.74) is 2.27. The molecule has 4 aromatic rings. The van der Waals surface area contributed by atoms with Crippen LogP contribution in [-0.2, 0) is 25.1 Å². The monoisotopic (exact) mass is 421 g/mol. The Morgan fingerprint density at radius 2 is 1.70 bits per heavy atom. The molecule has 0 spiro atoms. The van der Waals surface area contributed by atoms with Gasteiger partial charge in [-0.25, -0.2) is 0 Å². The van der Waals surface area contributed by atoms with Crippen molar-refractivity contribution in [2.45, 2.75) is 37.2 Å². The molecule has 0 fully saturated rings. The standard InChI is InChI=1S/C22H23N5O2S/c1-3-19-23-24-20(29-19)15-30-22-26-25-21(17-9-11-18(28-2)12-10-17)27(22)14-13-16-7-5-4-6-8-16/h4-12H,3,13-15H2,1-2H3. The molecule has 8 heteroatoms. The Kier molecular flexibility index (Phi) is 6.44. The number of nitrogens with zero attached hydrogens (tertiary/aromatic N) is 5. The van der Waals surface area contributed by atoms with Crippen LogP contribution < -0.4 is 4.74 Å². The minimum absolute atomic E-state index is 0.555. The molecule has 0 aliphatic rings. The summed E-state index contributed by atoms with van der Waals surface area (Å²) in [6, 6.07) is 18.3. The molecular weight excluding hydrogens is 398 g/mol. The highest BCUT2D eigenvalue weighted by atomic mass is 32.2. The Hall–Kier alpha value is -3.13. The maximum Gasteiger partial charge on any atom is 0.226 e. The van der Waals surface area contributed by atoms with Gasteiger partial charge in [-0.3, -0.25) is 0 Å². The van der Waals surface area contributed by atoms with Crippen LogP contribution in [0.2, 0.25) is 0 Å². The van der Waals surface area contributed by atoms with Crippen molar-refractivity contribution >= 4 is 11.8 Å². The molecule has 0 aliphatic carbocycles. The topological polar surface area (TPSA) is 78.9 Å². The summed E-state index contributed by atoms with van der Waals surface area (Å²) in [5.74, 6) is 3.44. The van der Waals surface area contributed by atoms with E-state index in [2.05, 4.69) is 49.2 Å². The van der Waals surface area contributed by atoms with Gasteiger partial charge in [-0.1, -0.05) is 49.0 Å². The summed E-state index contributed by atoms with van der Waals surface area (Å²) in [5, 5.41) is 17.9. The minimum atomic E-state index is 0.555. The van der Waals surface area contributed by atoms with Crippen LogP contribution in [0.1, 0.15) is 24.3 Å². The van der Waals surface area contributed by atoms with Crippen molar-refractivity contribution in [2.75, 3.05) is 7.11 Å². The van der Waals surface area contributed by atoms with Crippen molar-refractivity contribution in [1.29, 1.82) is 0 Å². The van der Waals surface area contributed by atoms with Crippen LogP contribution in [0.3, 0.4) is 0 Å². The van der Waals surface area contributed by atoms with Crippen molar-refractivity contribution in [3.05, 3.63) is 71.9 Å². The van der Waals surface area contributed by atoms with Gasteiger partial charge in [-0.05, 0) is 36.2 Å². The second kappa shape index (κ2) is 9.58. The Balaban J connectivity index is 1.58. The number of aryl methyl sites for hydroxylation is 2. The quantitative estimate of drug-likeness (QED) is 0.370. The van der Waals surface area contributed by atoms with E-state index in [9.17, 15) is 0 Å². The first-order valence-electron chi connectivity index (χ1n) is 9.82. The van der Waals surface area contributed by atoms with Crippen LogP contribution in [0.5, 0.6) is 5.75 Å². The van der Waals surface area contributed by atoms with Gasteiger partial charge in [-0.15, -0.1) is 20.4 Å². The molecule has 2 heterocycles. The predicted molar refractivity (Wildman–Crippen MR) is 115 cm³/mol. The van der Waals surface area contributed by atoms with Crippen molar-refractivity contribution < 1.29 is 9.15 Å². The summed E-state index contributed by atoms with van der Waals surface area (Å²) in [6.45, 7) is 2.76. The zero-order chi connectivity index (χ0) is 20.8. The third-order valence-corrected chi connectivity index (χ3v) is 5.62. The first kappa shape index (κ1) is 20.2. The molecular formula is C22H23N5O2S. The molecule has 0 saturated carbocycles. The molecule has 2 aromatic carbocycles. The molecule has 30 heavy (non-hydrogen) atoms. The second-order valence-corrected chi connectivity index (χ2v) is 7.60. The Morgan fingerprint density at radius 3 is 2.40 bits per heavy atom. The van der Waals surface area contributed by atoms with Gasteiger partial charge in [-0.2, -0.15) is 0 Å². The van der Waals surface area contributed by atoms with Gasteiger partial charge in [0, 0.05) is 18.5 Å². The highest BCUT2D eigenvalue weighted by Gasteiger charge is 2.16. The minimum Gasteiger partial charge on any atom is -0.497 e. The van der Waals surface area contributed by atoms with Gasteiger partial charge >= 0.3 is 0 Å². The van der Waals surface area contributed by atoms with Gasteiger partial charge in [0.25, 0.3) is 0 Å². The van der Waals surface area contributed by atoms with Gasteiger partial charge in [0.05, 0.1) is 12.9 Å². The number of aromatic nitrogens is 5. The number of hydrogen-bond donors (Lipinski definition) is 0. The van der Waals surface area contributed by atoms with Gasteiger partial charge in [0.1, 0.15) is 5.75 Å². The van der Waals surface area contributed by atoms with E-state index in [4.69, 9.17) is 9.15 Å². The fourth-order valence-electron chi connectivity index (χ4n) is 3.05. The highest BCUT2D eigenvalue weighted by Crippen LogP contribution is 2.27. The van der Waals surface area contributed by atoms with Gasteiger partial charge < -0.3 is 13.7 Å². The summed E-state index contributed by atoms with van der Waals surface area (Å²) in [7, 11) is 1.66. The smallest absolute Gasteiger partial charge is 0.226 e. The number of thioether (sulfide) groups is 1. The summed E-state index contributed by atoms with van der Waals surface area (Å²) in [4.78, 5) is 0. The Labute approximate surface area is 179 Å². The number of rotatable bonds is 9. The molecule has 0 amide bonds. The number of benzene rings is 2. The summed E-state index contributed by atoms with van der Waals surface area (Å²) in [6.07, 6.45) is 1.61. The maximum atomic E-state index is 5.63. The highest BCUT2D eigenvalue weighted by molar-refractivity contribution is 7.98. The van der Waals surface area contributed by atoms with Crippen LogP contribution in [0.15, 0.2) is 64.2 Å². The molecule has 154 valence electrons. The van der Waals surface area contributed by atoms with Crippen molar-refractivity contribution in [1.82, 2.24) is 25.0 Å². The zero-order valence-corrected chi connectivity index (χ0v) is 17.8. The van der Waals surface area contributed by atoms with E-state index in [-0.39, 0.29) is 0 Å². The second-order valence-electron chi connectivity index (χ2n) is 6.65. The third-order valence-electron chi connectivity index (χ3n) is 4.67. The molecule has 2 aromatic heterocycles. The first-order chi connectivity index (χ1) is 14.8. The lowest BCUT2D eigenvalue weighted by atomic mass is 10.1. The van der Waals surface area contributed by atoms with Crippen molar-refractivity contribution in [2.24, 2.45) is 0 Å². The summed E-state index contributed by atoms with van der Waals surface area (Å²) >= 11 is 1.55. The van der Waals surface area contributed by atoms with Crippen molar-refractivity contribution in [3.63, 3.8) is 0 Å². The molecule has 4 rings (SSSR count). The fraction of sp³-hybridized carbons (Fsp3) is 0.273. The van der Waals surface area contributed by atoms with Crippen LogP contribution in [-0.4, -0.2) is 32.1 Å². The Morgan fingerprint density at radius 1 is 0.933 bits per heavy atom. The molecule has 7 nitrogen and oxygen atoms in total. The normalized spacial score (nSPS) is 11.0. The molecule has 0 unspecified atom stereocenters. The van der Waals surface area contributed by atoms with E-state index in [0.29, 0.717) is 17.5 Å². The van der Waals surface area contributed by atoms with Crippen LogP contribution in [0.4, 0.5) is 0 Å². The largest absolute Gasteiger partial charge is 0.497 e. The lowest BCUT2D eigenvalue weighted by molar-refractivity contribution is 0.415. The molecule has 0 bridgehead atoms. The van der Waals surface area contributed by atoms with Gasteiger partial charge in [0.15, 0.2) is 11.0 Å². The van der Waals surface area contributed by atoms with Crippen LogP contribution >= 0.6 is 11.8 Å². The van der Waals surface area contributed by atoms with E-state index in [1.807, 2.05) is 37.3 Å². The average molecular weight is 422 g/mol. The van der Waals surface area contributed by atoms with E-state index in [1.54, 1.807) is 18.9 Å². The average Bonchev–Trinajstić information content (AvgIpc) is 3.43. The predicted octanol–water partition coefficient (Wildman–Crippen LogP) is 4.43. The fourth-order valence-corrected chi connectivity index (χ4v) is 3.85. The maximum absolute atomic E-state index is 5.63. The number of hydrogen-bond acceptors (Lipinski definition) is 7. The number of methoxy groups -OCH3 is 1. The van der Waals surface area contributed by atoms with E-state index >= 15 is 0 Å². The number of ether oxygens (including phenoxy) is 1. The van der Waals surface area contributed by atoms with Crippen molar-refractivity contribution in [3.8, 4) is 17.1 Å². The zero-order valence-electron chi connectivity index (χ0n) is 17.0. The molecule has 0 aliphatic heterocycles. The van der Waals surface area contributed by atoms with E-state index < -0.39 is 0 Å². The SMILES string of the molecule is CCc1nnc(CSc2nnc(-c3ccc(OC)cc3)n2CCc2ccccc2)o1. The first-order valence-corrected chi connectivity index (χ1v) is 10.8. The van der Waals surface area contributed by atoms with Crippen LogP contribution in [0.25, 0.3) is 11.4 Å². The molecule has 0 saturated heterocycles. The van der Waals surface area contributed by atoms with Gasteiger partial charge in [0.2, 0.25) is 11.8 Å². The molecule has 0 atom stereocenters. The molecule has 0 N–H and O–H groups in total. The molecule has 0 radical (unpaired) electrons.